The second-order valence-electron chi connectivity index (χ2n) is 28.2. The second kappa shape index (κ2) is 25.8. The van der Waals surface area contributed by atoms with Gasteiger partial charge in [0.25, 0.3) is 0 Å². The van der Waals surface area contributed by atoms with Crippen LogP contribution in [0.15, 0.2) is 409 Å². The van der Waals surface area contributed by atoms with E-state index in [2.05, 4.69) is 392 Å². The molecule has 21 rings (SSSR count). The van der Waals surface area contributed by atoms with Crippen LogP contribution in [-0.2, 0) is 0 Å². The molecule has 19 aromatic carbocycles. The van der Waals surface area contributed by atoms with Gasteiger partial charge in [-0.3, -0.25) is 0 Å². The van der Waals surface area contributed by atoms with Crippen LogP contribution in [0.1, 0.15) is 0 Å². The first-order valence-corrected chi connectivity index (χ1v) is 37.0. The number of hydrogen-bond donors (Lipinski definition) is 0. The molecule has 21 aromatic rings. The van der Waals surface area contributed by atoms with Crippen LogP contribution in [0.25, 0.3) is 176 Å². The van der Waals surface area contributed by atoms with E-state index in [0.717, 1.165) is 122 Å². The monoisotopic (exact) mass is 1370 g/mol. The number of fused-ring (bicyclic) bond motifs is 12. The fourth-order valence-electron chi connectivity index (χ4n) is 16.7. The van der Waals surface area contributed by atoms with E-state index in [4.69, 9.17) is 8.83 Å². The van der Waals surface area contributed by atoms with E-state index in [1.165, 1.54) is 87.4 Å². The van der Waals surface area contributed by atoms with E-state index in [-0.39, 0.29) is 0 Å². The zero-order valence-electron chi connectivity index (χ0n) is 58.8. The summed E-state index contributed by atoms with van der Waals surface area (Å²) in [4.78, 5) is 4.76. The molecule has 108 heavy (non-hydrogen) atoms. The van der Waals surface area contributed by atoms with Gasteiger partial charge < -0.3 is 18.6 Å². The van der Waals surface area contributed by atoms with Crippen LogP contribution in [0, 0.1) is 0 Å². The lowest BCUT2D eigenvalue weighted by atomic mass is 9.91. The Balaban J connectivity index is 0.582. The summed E-state index contributed by atoms with van der Waals surface area (Å²) in [5.41, 5.74) is 26.2. The molecule has 0 aliphatic rings. The number of rotatable bonds is 13. The highest BCUT2D eigenvalue weighted by molar-refractivity contribution is 6.16. The molecule has 0 radical (unpaired) electrons. The lowest BCUT2D eigenvalue weighted by Crippen LogP contribution is -2.10. The second-order valence-corrected chi connectivity index (χ2v) is 28.2. The quantitative estimate of drug-likeness (QED) is 0.108. The highest BCUT2D eigenvalue weighted by Crippen LogP contribution is 2.47. The van der Waals surface area contributed by atoms with Crippen LogP contribution >= 0.6 is 0 Å². The van der Waals surface area contributed by atoms with Crippen molar-refractivity contribution in [3.05, 3.63) is 400 Å². The van der Waals surface area contributed by atoms with Crippen molar-refractivity contribution in [2.45, 2.75) is 0 Å². The van der Waals surface area contributed by atoms with Crippen LogP contribution in [0.5, 0.6) is 0 Å². The predicted molar refractivity (Wildman–Crippen MR) is 456 cm³/mol. The minimum atomic E-state index is 0.892. The van der Waals surface area contributed by atoms with Crippen molar-refractivity contribution in [3.63, 3.8) is 0 Å². The number of benzene rings is 19. The molecule has 2 aromatic heterocycles. The van der Waals surface area contributed by atoms with E-state index in [1.807, 2.05) is 18.2 Å². The van der Waals surface area contributed by atoms with Crippen LogP contribution < -0.4 is 9.80 Å². The molecule has 0 spiro atoms. The van der Waals surface area contributed by atoms with Crippen LogP contribution in [-0.4, -0.2) is 0 Å². The molecule has 0 fully saturated rings. The minimum absolute atomic E-state index is 0.892. The summed E-state index contributed by atoms with van der Waals surface area (Å²) in [7, 11) is 0. The lowest BCUT2D eigenvalue weighted by Gasteiger charge is -2.27. The van der Waals surface area contributed by atoms with Gasteiger partial charge in [0, 0.05) is 66.5 Å². The topological polar surface area (TPSA) is 32.8 Å². The molecule has 4 nitrogen and oxygen atoms in total. The van der Waals surface area contributed by atoms with E-state index < -0.39 is 0 Å². The number of hydrogen-bond acceptors (Lipinski definition) is 4. The predicted octanol–water partition coefficient (Wildman–Crippen LogP) is 29.9. The summed E-state index contributed by atoms with van der Waals surface area (Å²) in [6, 6.07) is 146. The number of para-hydroxylation sites is 4. The van der Waals surface area contributed by atoms with Gasteiger partial charge in [0.2, 0.25) is 0 Å². The average molecular weight is 1380 g/mol. The first-order chi connectivity index (χ1) is 53.5. The lowest BCUT2D eigenvalue weighted by molar-refractivity contribution is 0.669. The molecule has 0 aliphatic carbocycles. The first kappa shape index (κ1) is 62.3. The minimum Gasteiger partial charge on any atom is -0.455 e. The van der Waals surface area contributed by atoms with Gasteiger partial charge in [-0.2, -0.15) is 0 Å². The Labute approximate surface area is 624 Å². The fraction of sp³-hybridized carbons (Fsp3) is 0. The smallest absolute Gasteiger partial charge is 0.143 e. The molecule has 0 bridgehead atoms. The van der Waals surface area contributed by atoms with Gasteiger partial charge in [-0.15, -0.1) is 0 Å². The van der Waals surface area contributed by atoms with Crippen LogP contribution in [0.2, 0.25) is 0 Å². The molecule has 0 aliphatic heterocycles. The summed E-state index contributed by atoms with van der Waals surface area (Å²) in [6.45, 7) is 0. The number of anilines is 6. The van der Waals surface area contributed by atoms with Gasteiger partial charge in [-0.1, -0.05) is 315 Å². The zero-order valence-corrected chi connectivity index (χ0v) is 58.8. The van der Waals surface area contributed by atoms with E-state index in [0.29, 0.717) is 0 Å². The van der Waals surface area contributed by atoms with Gasteiger partial charge in [0.05, 0.1) is 5.69 Å². The Morgan fingerprint density at radius 3 is 1.06 bits per heavy atom. The van der Waals surface area contributed by atoms with E-state index >= 15 is 0 Å². The molecular formula is C104H66N2O2. The van der Waals surface area contributed by atoms with E-state index in [9.17, 15) is 0 Å². The fourth-order valence-corrected chi connectivity index (χ4v) is 16.7. The maximum atomic E-state index is 6.55. The molecule has 4 heteroatoms. The maximum Gasteiger partial charge on any atom is 0.143 e. The summed E-state index contributed by atoms with van der Waals surface area (Å²) >= 11 is 0. The third-order valence-corrected chi connectivity index (χ3v) is 22.1. The van der Waals surface area contributed by atoms with Crippen molar-refractivity contribution in [3.8, 4) is 77.9 Å². The normalized spacial score (nSPS) is 11.7. The third-order valence-electron chi connectivity index (χ3n) is 22.1. The molecule has 0 amide bonds. The van der Waals surface area contributed by atoms with Gasteiger partial charge in [0.15, 0.2) is 0 Å². The van der Waals surface area contributed by atoms with Crippen molar-refractivity contribution < 1.29 is 8.83 Å². The van der Waals surface area contributed by atoms with Crippen molar-refractivity contribution >= 4 is 132 Å². The first-order valence-electron chi connectivity index (χ1n) is 37.0. The van der Waals surface area contributed by atoms with Crippen LogP contribution in [0.3, 0.4) is 0 Å². The molecule has 0 atom stereocenters. The third kappa shape index (κ3) is 10.8. The Kier molecular flexibility index (Phi) is 14.9. The largest absolute Gasteiger partial charge is 0.455 e. The van der Waals surface area contributed by atoms with Crippen molar-refractivity contribution in [2.24, 2.45) is 0 Å². The van der Waals surface area contributed by atoms with Crippen LogP contribution in [0.4, 0.5) is 34.1 Å². The summed E-state index contributed by atoms with van der Waals surface area (Å²) in [5, 5.41) is 16.6. The SMILES string of the molecule is c1ccc2cc(N(c3ccc(-c4ccc(-c5cccc6c(-c7ccc8c(ccc9c(N(c%10ccc(-c%11ccc(-c%12cccc%13ccccc%12%13)cc%11)cc%10)c%10ccc(-c%11cccc%12c%11oc%11ccccc%11%12)cc%10)cccc98)c7)cccc56)cc4)cc3)c3ccc(-c4cccc5c4oc4ccccc45)cc3)ccc2c1. The summed E-state index contributed by atoms with van der Waals surface area (Å²) in [5.74, 6) is 0. The Morgan fingerprint density at radius 2 is 0.500 bits per heavy atom. The Bertz CT molecular complexity index is 7070. The average Bonchev–Trinajstić information content (AvgIpc) is 0.972. The Morgan fingerprint density at radius 1 is 0.157 bits per heavy atom. The number of nitrogens with zero attached hydrogens (tertiary/aromatic N) is 2. The molecule has 2 heterocycles. The highest BCUT2D eigenvalue weighted by atomic mass is 16.3. The summed E-state index contributed by atoms with van der Waals surface area (Å²) < 4.78 is 13.0. The molecule has 0 saturated carbocycles. The van der Waals surface area contributed by atoms with Gasteiger partial charge >= 0.3 is 0 Å². The molecule has 504 valence electrons. The molecular weight excluding hydrogens is 1310 g/mol. The standard InChI is InChI=1S/C104H66N2O2/c1-2-17-77-66-84(62-47-67(77)15-1)105(81-58-48-75(49-59-81)90-25-12-30-98-96-20-5-7-33-101(96)107-103(90)98)80-54-43-70(44-55-80)69-37-41-74(42-38-69)87-23-10-28-93-88(24-11-27-92(87)93)78-52-63-89-79(65-78)53-64-95-94(89)29-14-32-100(95)106(83-60-50-76(51-61-83)91-26-13-31-99-97-21-6-8-34-102(97)108-104(91)99)82-56-45-71(46-57-82)68-35-39-73(40-36-68)86-22-9-18-72-16-3-4-19-85(72)86/h1-66H. The molecule has 0 unspecified atom stereocenters. The van der Waals surface area contributed by atoms with E-state index in [1.54, 1.807) is 0 Å². The number of furan rings is 2. The molecule has 0 saturated heterocycles. The van der Waals surface area contributed by atoms with Gasteiger partial charge in [-0.05, 0) is 200 Å². The van der Waals surface area contributed by atoms with Crippen molar-refractivity contribution in [1.82, 2.24) is 0 Å². The molecule has 0 N–H and O–H groups in total. The van der Waals surface area contributed by atoms with Crippen molar-refractivity contribution in [2.75, 3.05) is 9.80 Å². The zero-order chi connectivity index (χ0) is 71.2. The van der Waals surface area contributed by atoms with Gasteiger partial charge in [-0.25, -0.2) is 0 Å². The van der Waals surface area contributed by atoms with Gasteiger partial charge in [0.1, 0.15) is 22.3 Å². The summed E-state index contributed by atoms with van der Waals surface area (Å²) in [6.07, 6.45) is 0. The highest BCUT2D eigenvalue weighted by Gasteiger charge is 2.22. The maximum absolute atomic E-state index is 6.55. The van der Waals surface area contributed by atoms with Crippen molar-refractivity contribution in [1.29, 1.82) is 0 Å². The Hall–Kier alpha value is -14.3.